The summed E-state index contributed by atoms with van der Waals surface area (Å²) in [4.78, 5) is 0. The predicted molar refractivity (Wildman–Crippen MR) is 98.4 cm³/mol. The Kier molecular flexibility index (Phi) is 5.69. The molecule has 0 aliphatic rings. The first-order valence-electron chi connectivity index (χ1n) is 8.58. The number of rotatable bonds is 6. The number of halogens is 3. The van der Waals surface area contributed by atoms with Crippen molar-refractivity contribution in [2.75, 3.05) is 6.61 Å². The van der Waals surface area contributed by atoms with Gasteiger partial charge in [-0.1, -0.05) is 30.3 Å². The summed E-state index contributed by atoms with van der Waals surface area (Å²) in [5.41, 5.74) is 2.08. The summed E-state index contributed by atoms with van der Waals surface area (Å²) in [6.07, 6.45) is 0. The lowest BCUT2D eigenvalue weighted by atomic mass is 10.0. The Hall–Kier alpha value is -2.95. The molecule has 0 unspecified atom stereocenters. The van der Waals surface area contributed by atoms with Crippen molar-refractivity contribution >= 4 is 0 Å². The van der Waals surface area contributed by atoms with E-state index >= 15 is 0 Å². The molecule has 27 heavy (non-hydrogen) atoms. The average Bonchev–Trinajstić information content (AvgIpc) is 2.67. The fourth-order valence-corrected chi connectivity index (χ4v) is 2.63. The monoisotopic (exact) mass is 372 g/mol. The summed E-state index contributed by atoms with van der Waals surface area (Å²) in [6.45, 7) is 3.88. The summed E-state index contributed by atoms with van der Waals surface area (Å²) in [6, 6.07) is 14.5. The van der Waals surface area contributed by atoms with Crippen LogP contribution in [0.2, 0.25) is 0 Å². The summed E-state index contributed by atoms with van der Waals surface area (Å²) < 4.78 is 52.5. The molecule has 0 aliphatic carbocycles. The molecule has 0 N–H and O–H groups in total. The number of aryl methyl sites for hydroxylation is 1. The molecular formula is C22H19F3O2. The van der Waals surface area contributed by atoms with Crippen molar-refractivity contribution in [3.05, 3.63) is 83.2 Å². The fourth-order valence-electron chi connectivity index (χ4n) is 2.63. The minimum Gasteiger partial charge on any atom is -0.491 e. The Morgan fingerprint density at radius 1 is 0.815 bits per heavy atom. The normalized spacial score (nSPS) is 10.7. The van der Waals surface area contributed by atoms with E-state index in [1.807, 2.05) is 0 Å². The molecular weight excluding hydrogens is 353 g/mol. The second kappa shape index (κ2) is 8.16. The van der Waals surface area contributed by atoms with Gasteiger partial charge in [-0.3, -0.25) is 0 Å². The Morgan fingerprint density at radius 2 is 1.56 bits per heavy atom. The largest absolute Gasteiger partial charge is 0.491 e. The SMILES string of the molecule is CCOc1ccc(-c2ccc(COc3ccc(C)c(F)c3)cc2)c(F)c1F. The smallest absolute Gasteiger partial charge is 0.201 e. The van der Waals surface area contributed by atoms with Crippen molar-refractivity contribution in [3.8, 4) is 22.6 Å². The summed E-state index contributed by atoms with van der Waals surface area (Å²) in [5, 5.41) is 0. The van der Waals surface area contributed by atoms with Crippen LogP contribution in [0.4, 0.5) is 13.2 Å². The van der Waals surface area contributed by atoms with Crippen LogP contribution in [-0.4, -0.2) is 6.61 Å². The zero-order valence-electron chi connectivity index (χ0n) is 15.1. The van der Waals surface area contributed by atoms with Crippen molar-refractivity contribution < 1.29 is 22.6 Å². The molecule has 0 aliphatic heterocycles. The molecule has 0 atom stereocenters. The molecule has 2 nitrogen and oxygen atoms in total. The molecule has 5 heteroatoms. The van der Waals surface area contributed by atoms with Crippen LogP contribution in [0.25, 0.3) is 11.1 Å². The number of hydrogen-bond acceptors (Lipinski definition) is 2. The average molecular weight is 372 g/mol. The number of benzene rings is 3. The molecule has 0 saturated carbocycles. The van der Waals surface area contributed by atoms with Crippen LogP contribution in [0.5, 0.6) is 11.5 Å². The molecule has 0 heterocycles. The van der Waals surface area contributed by atoms with Crippen LogP contribution in [0, 0.1) is 24.4 Å². The molecule has 0 amide bonds. The minimum atomic E-state index is -0.997. The van der Waals surface area contributed by atoms with Gasteiger partial charge in [-0.15, -0.1) is 0 Å². The van der Waals surface area contributed by atoms with Gasteiger partial charge in [0, 0.05) is 11.6 Å². The number of hydrogen-bond donors (Lipinski definition) is 0. The van der Waals surface area contributed by atoms with Crippen LogP contribution in [0.3, 0.4) is 0 Å². The van der Waals surface area contributed by atoms with Crippen LogP contribution in [0.15, 0.2) is 54.6 Å². The molecule has 0 fully saturated rings. The molecule has 0 aromatic heterocycles. The Balaban J connectivity index is 1.73. The molecule has 0 radical (unpaired) electrons. The Morgan fingerprint density at radius 3 is 2.22 bits per heavy atom. The molecule has 0 spiro atoms. The van der Waals surface area contributed by atoms with E-state index in [2.05, 4.69) is 0 Å². The van der Waals surface area contributed by atoms with Gasteiger partial charge >= 0.3 is 0 Å². The van der Waals surface area contributed by atoms with Crippen LogP contribution >= 0.6 is 0 Å². The highest BCUT2D eigenvalue weighted by molar-refractivity contribution is 5.65. The van der Waals surface area contributed by atoms with Crippen molar-refractivity contribution in [2.24, 2.45) is 0 Å². The highest BCUT2D eigenvalue weighted by atomic mass is 19.2. The van der Waals surface area contributed by atoms with Crippen molar-refractivity contribution in [1.82, 2.24) is 0 Å². The van der Waals surface area contributed by atoms with E-state index in [-0.39, 0.29) is 30.3 Å². The summed E-state index contributed by atoms with van der Waals surface area (Å²) in [7, 11) is 0. The fraction of sp³-hybridized carbons (Fsp3) is 0.182. The molecule has 140 valence electrons. The van der Waals surface area contributed by atoms with Crippen molar-refractivity contribution in [2.45, 2.75) is 20.5 Å². The second-order valence-electron chi connectivity index (χ2n) is 6.07. The maximum Gasteiger partial charge on any atom is 0.201 e. The van der Waals surface area contributed by atoms with E-state index in [4.69, 9.17) is 9.47 Å². The Bertz CT molecular complexity index is 937. The standard InChI is InChI=1S/C22H19F3O2/c1-3-26-20-11-10-18(21(24)22(20)25)16-7-5-15(6-8-16)13-27-17-9-4-14(2)19(23)12-17/h4-12H,3,13H2,1-2H3. The van der Waals surface area contributed by atoms with Crippen LogP contribution in [-0.2, 0) is 6.61 Å². The van der Waals surface area contributed by atoms with E-state index in [1.165, 1.54) is 18.2 Å². The van der Waals surface area contributed by atoms with Gasteiger partial charge in [-0.05, 0) is 48.7 Å². The highest BCUT2D eigenvalue weighted by Gasteiger charge is 2.15. The predicted octanol–water partition coefficient (Wildman–Crippen LogP) is 6.06. The summed E-state index contributed by atoms with van der Waals surface area (Å²) >= 11 is 0. The second-order valence-corrected chi connectivity index (χ2v) is 6.07. The van der Waals surface area contributed by atoms with Gasteiger partial charge in [0.1, 0.15) is 18.2 Å². The first kappa shape index (κ1) is 18.8. The lowest BCUT2D eigenvalue weighted by molar-refractivity contribution is 0.304. The van der Waals surface area contributed by atoms with Gasteiger partial charge in [0.15, 0.2) is 11.6 Å². The first-order valence-corrected chi connectivity index (χ1v) is 8.58. The van der Waals surface area contributed by atoms with E-state index in [0.717, 1.165) is 5.56 Å². The van der Waals surface area contributed by atoms with Gasteiger partial charge in [-0.2, -0.15) is 4.39 Å². The number of ether oxygens (including phenoxy) is 2. The molecule has 3 rings (SSSR count). The van der Waals surface area contributed by atoms with Gasteiger partial charge in [0.05, 0.1) is 6.61 Å². The Labute approximate surface area is 156 Å². The third kappa shape index (κ3) is 4.25. The van der Waals surface area contributed by atoms with E-state index in [1.54, 1.807) is 50.2 Å². The van der Waals surface area contributed by atoms with E-state index in [9.17, 15) is 13.2 Å². The van der Waals surface area contributed by atoms with Crippen LogP contribution < -0.4 is 9.47 Å². The van der Waals surface area contributed by atoms with E-state index in [0.29, 0.717) is 16.9 Å². The topological polar surface area (TPSA) is 18.5 Å². The molecule has 0 saturated heterocycles. The third-order valence-electron chi connectivity index (χ3n) is 4.16. The minimum absolute atomic E-state index is 0.103. The van der Waals surface area contributed by atoms with Crippen LogP contribution in [0.1, 0.15) is 18.1 Å². The lowest BCUT2D eigenvalue weighted by Gasteiger charge is -2.10. The zero-order valence-corrected chi connectivity index (χ0v) is 15.1. The highest BCUT2D eigenvalue weighted by Crippen LogP contribution is 2.30. The first-order chi connectivity index (χ1) is 13.0. The third-order valence-corrected chi connectivity index (χ3v) is 4.16. The zero-order chi connectivity index (χ0) is 19.4. The van der Waals surface area contributed by atoms with Gasteiger partial charge < -0.3 is 9.47 Å². The quantitative estimate of drug-likeness (QED) is 0.524. The molecule has 0 bridgehead atoms. The summed E-state index contributed by atoms with van der Waals surface area (Å²) in [5.74, 6) is -1.94. The van der Waals surface area contributed by atoms with Crippen molar-refractivity contribution in [1.29, 1.82) is 0 Å². The lowest BCUT2D eigenvalue weighted by Crippen LogP contribution is -1.99. The molecule has 3 aromatic rings. The van der Waals surface area contributed by atoms with E-state index < -0.39 is 11.6 Å². The molecule has 3 aromatic carbocycles. The maximum atomic E-state index is 14.3. The van der Waals surface area contributed by atoms with Crippen molar-refractivity contribution in [3.63, 3.8) is 0 Å². The maximum absolute atomic E-state index is 14.3. The van der Waals surface area contributed by atoms with Gasteiger partial charge in [0.2, 0.25) is 5.82 Å². The van der Waals surface area contributed by atoms with Gasteiger partial charge in [-0.25, -0.2) is 8.78 Å². The van der Waals surface area contributed by atoms with Gasteiger partial charge in [0.25, 0.3) is 0 Å².